The smallest absolute Gasteiger partial charge is 0.253 e. The highest BCUT2D eigenvalue weighted by Gasteiger charge is 2.37. The number of carbonyl (C=O) groups is 1. The number of morpholine rings is 1. The van der Waals surface area contributed by atoms with Crippen molar-refractivity contribution in [3.05, 3.63) is 59.9 Å². The third kappa shape index (κ3) is 2.74. The predicted octanol–water partition coefficient (Wildman–Crippen LogP) is 1.75. The number of likely N-dealkylation sites (N-methyl/N-ethyl adjacent to an activating group) is 1. The minimum atomic E-state index is -0.364. The first-order valence-corrected chi connectivity index (χ1v) is 8.54. The van der Waals surface area contributed by atoms with Gasteiger partial charge in [0.15, 0.2) is 0 Å². The monoisotopic (exact) mass is 325 g/mol. The van der Waals surface area contributed by atoms with Gasteiger partial charge in [0.25, 0.3) is 5.91 Å². The third-order valence-corrected chi connectivity index (χ3v) is 4.98. The van der Waals surface area contributed by atoms with Crippen LogP contribution in [0.25, 0.3) is 0 Å². The maximum Gasteiger partial charge on any atom is 0.253 e. The van der Waals surface area contributed by atoms with Gasteiger partial charge >= 0.3 is 0 Å². The number of amides is 1. The number of hydrogen-bond donors (Lipinski definition) is 0. The molecule has 1 saturated heterocycles. The fourth-order valence-corrected chi connectivity index (χ4v) is 3.72. The lowest BCUT2D eigenvalue weighted by Crippen LogP contribution is -2.52. The molecule has 1 aromatic carbocycles. The molecule has 0 N–H and O–H groups in total. The zero-order valence-corrected chi connectivity index (χ0v) is 14.0. The number of hydrogen-bond acceptors (Lipinski definition) is 3. The Bertz CT molecular complexity index is 712. The molecular weight excluding hydrogens is 302 g/mol. The van der Waals surface area contributed by atoms with E-state index in [9.17, 15) is 4.79 Å². The topological polar surface area (TPSA) is 37.7 Å². The molecular formula is C19H23N3O2. The van der Waals surface area contributed by atoms with E-state index in [1.54, 1.807) is 0 Å². The molecule has 2 aliphatic heterocycles. The van der Waals surface area contributed by atoms with Gasteiger partial charge in [-0.25, -0.2) is 0 Å². The van der Waals surface area contributed by atoms with Crippen LogP contribution in [0.3, 0.4) is 0 Å². The van der Waals surface area contributed by atoms with Crippen LogP contribution < -0.4 is 0 Å². The molecule has 3 heterocycles. The molecule has 2 atom stereocenters. The van der Waals surface area contributed by atoms with Crippen molar-refractivity contribution in [2.75, 3.05) is 33.3 Å². The Morgan fingerprint density at radius 1 is 1.08 bits per heavy atom. The number of benzene rings is 1. The highest BCUT2D eigenvalue weighted by Crippen LogP contribution is 2.33. The number of fused-ring (bicyclic) bond motifs is 1. The van der Waals surface area contributed by atoms with Crippen LogP contribution in [0, 0.1) is 0 Å². The van der Waals surface area contributed by atoms with Gasteiger partial charge in [-0.2, -0.15) is 0 Å². The number of carbonyl (C=O) groups excluding carboxylic acids is 1. The van der Waals surface area contributed by atoms with Gasteiger partial charge in [0.05, 0.1) is 12.6 Å². The summed E-state index contributed by atoms with van der Waals surface area (Å²) in [6.07, 6.45) is 1.73. The van der Waals surface area contributed by atoms with E-state index in [0.717, 1.165) is 18.7 Å². The van der Waals surface area contributed by atoms with E-state index in [-0.39, 0.29) is 18.1 Å². The highest BCUT2D eigenvalue weighted by molar-refractivity contribution is 5.82. The highest BCUT2D eigenvalue weighted by atomic mass is 16.5. The summed E-state index contributed by atoms with van der Waals surface area (Å²) in [6.45, 7) is 3.71. The summed E-state index contributed by atoms with van der Waals surface area (Å²) < 4.78 is 8.02. The van der Waals surface area contributed by atoms with E-state index in [1.807, 2.05) is 30.1 Å². The van der Waals surface area contributed by atoms with Crippen LogP contribution in [0.5, 0.6) is 0 Å². The second-order valence-electron chi connectivity index (χ2n) is 6.59. The average Bonchev–Trinajstić information content (AvgIpc) is 3.09. The van der Waals surface area contributed by atoms with Crippen LogP contribution in [0.1, 0.15) is 17.3 Å². The quantitative estimate of drug-likeness (QED) is 0.844. The maximum absolute atomic E-state index is 13.2. The standard InChI is InChI=1S/C19H23N3O2/c1-20-12-13-24-17(14-20)19(23)22-11-10-21-9-5-8-16(21)18(22)15-6-3-2-4-7-15/h2-9,17-18H,10-14H2,1H3/t17-,18+/m1/s1. The Labute approximate surface area is 142 Å². The van der Waals surface area contributed by atoms with E-state index in [1.165, 1.54) is 5.69 Å². The third-order valence-electron chi connectivity index (χ3n) is 4.98. The van der Waals surface area contributed by atoms with Crippen molar-refractivity contribution in [3.8, 4) is 0 Å². The van der Waals surface area contributed by atoms with E-state index in [4.69, 9.17) is 4.74 Å². The van der Waals surface area contributed by atoms with Gasteiger partial charge in [-0.15, -0.1) is 0 Å². The van der Waals surface area contributed by atoms with Crippen molar-refractivity contribution in [2.45, 2.75) is 18.7 Å². The lowest BCUT2D eigenvalue weighted by Gasteiger charge is -2.40. The average molecular weight is 325 g/mol. The van der Waals surface area contributed by atoms with Crippen molar-refractivity contribution in [3.63, 3.8) is 0 Å². The molecule has 0 bridgehead atoms. The molecule has 0 saturated carbocycles. The van der Waals surface area contributed by atoms with Gasteiger partial charge in [-0.05, 0) is 24.7 Å². The first-order valence-electron chi connectivity index (χ1n) is 8.54. The van der Waals surface area contributed by atoms with Crippen LogP contribution >= 0.6 is 0 Å². The Morgan fingerprint density at radius 3 is 2.71 bits per heavy atom. The van der Waals surface area contributed by atoms with Crippen LogP contribution in [0.4, 0.5) is 0 Å². The van der Waals surface area contributed by atoms with E-state index in [2.05, 4.69) is 39.9 Å². The number of aromatic nitrogens is 1. The first-order chi connectivity index (χ1) is 11.7. The van der Waals surface area contributed by atoms with Gasteiger partial charge in [0, 0.05) is 38.1 Å². The minimum absolute atomic E-state index is 0.0433. The molecule has 5 heteroatoms. The molecule has 0 spiro atoms. The number of ether oxygens (including phenoxy) is 1. The minimum Gasteiger partial charge on any atom is -0.366 e. The van der Waals surface area contributed by atoms with Gasteiger partial charge in [-0.1, -0.05) is 30.3 Å². The molecule has 5 nitrogen and oxygen atoms in total. The van der Waals surface area contributed by atoms with Crippen molar-refractivity contribution < 1.29 is 9.53 Å². The molecule has 1 amide bonds. The van der Waals surface area contributed by atoms with Crippen LogP contribution in [-0.4, -0.2) is 59.7 Å². The van der Waals surface area contributed by atoms with Crippen molar-refractivity contribution in [1.29, 1.82) is 0 Å². The van der Waals surface area contributed by atoms with Crippen molar-refractivity contribution in [1.82, 2.24) is 14.4 Å². The summed E-state index contributed by atoms with van der Waals surface area (Å²) in [7, 11) is 2.04. The molecule has 4 rings (SSSR count). The lowest BCUT2D eigenvalue weighted by molar-refractivity contribution is -0.151. The number of rotatable bonds is 2. The maximum atomic E-state index is 13.2. The molecule has 0 radical (unpaired) electrons. The second kappa shape index (κ2) is 6.42. The largest absolute Gasteiger partial charge is 0.366 e. The van der Waals surface area contributed by atoms with Gasteiger partial charge < -0.3 is 19.1 Å². The number of nitrogens with zero attached hydrogens (tertiary/aromatic N) is 3. The lowest BCUT2D eigenvalue weighted by atomic mass is 9.99. The van der Waals surface area contributed by atoms with Crippen LogP contribution in [0.15, 0.2) is 48.7 Å². The molecule has 0 unspecified atom stereocenters. The molecule has 0 aliphatic carbocycles. The molecule has 1 fully saturated rings. The Morgan fingerprint density at radius 2 is 1.92 bits per heavy atom. The van der Waals surface area contributed by atoms with E-state index in [0.29, 0.717) is 19.7 Å². The molecule has 24 heavy (non-hydrogen) atoms. The molecule has 2 aliphatic rings. The molecule has 126 valence electrons. The van der Waals surface area contributed by atoms with Gasteiger partial charge in [-0.3, -0.25) is 4.79 Å². The fourth-order valence-electron chi connectivity index (χ4n) is 3.72. The predicted molar refractivity (Wildman–Crippen MR) is 91.7 cm³/mol. The Balaban J connectivity index is 1.67. The zero-order valence-electron chi connectivity index (χ0n) is 14.0. The van der Waals surface area contributed by atoms with Crippen LogP contribution in [0.2, 0.25) is 0 Å². The van der Waals surface area contributed by atoms with E-state index < -0.39 is 0 Å². The normalized spacial score (nSPS) is 24.6. The summed E-state index contributed by atoms with van der Waals surface area (Å²) in [6, 6.07) is 14.4. The molecule has 2 aromatic rings. The van der Waals surface area contributed by atoms with Gasteiger partial charge in [0.1, 0.15) is 6.10 Å². The van der Waals surface area contributed by atoms with Crippen molar-refractivity contribution >= 4 is 5.91 Å². The fraction of sp³-hybridized carbons (Fsp3) is 0.421. The summed E-state index contributed by atoms with van der Waals surface area (Å²) in [5, 5.41) is 0. The summed E-state index contributed by atoms with van der Waals surface area (Å²) in [4.78, 5) is 17.3. The Hall–Kier alpha value is -2.11. The summed E-state index contributed by atoms with van der Waals surface area (Å²) in [5.41, 5.74) is 2.32. The van der Waals surface area contributed by atoms with Gasteiger partial charge in [0.2, 0.25) is 0 Å². The first kappa shape index (κ1) is 15.4. The van der Waals surface area contributed by atoms with Crippen LogP contribution in [-0.2, 0) is 16.1 Å². The zero-order chi connectivity index (χ0) is 16.5. The Kier molecular flexibility index (Phi) is 4.12. The summed E-state index contributed by atoms with van der Waals surface area (Å²) in [5.74, 6) is 0.0999. The SMILES string of the molecule is CN1CCO[C@@H](C(=O)N2CCn3cccc3[C@@H]2c2ccccc2)C1. The second-order valence-corrected chi connectivity index (χ2v) is 6.59. The summed E-state index contributed by atoms with van der Waals surface area (Å²) >= 11 is 0. The molecule has 1 aromatic heterocycles. The van der Waals surface area contributed by atoms with Crippen molar-refractivity contribution in [2.24, 2.45) is 0 Å². The van der Waals surface area contributed by atoms with E-state index >= 15 is 0 Å².